The van der Waals surface area contributed by atoms with Crippen LogP contribution in [0.1, 0.15) is 21.9 Å². The minimum Gasteiger partial charge on any atom is -0.508 e. The van der Waals surface area contributed by atoms with Gasteiger partial charge in [-0.2, -0.15) is 0 Å². The third-order valence-corrected chi connectivity index (χ3v) is 2.55. The predicted molar refractivity (Wildman–Crippen MR) is 65.8 cm³/mol. The average molecular weight is 247 g/mol. The number of hydrogen-bond donors (Lipinski definition) is 3. The minimum absolute atomic E-state index is 0.0847. The van der Waals surface area contributed by atoms with Gasteiger partial charge in [-0.25, -0.2) is 4.79 Å². The molecule has 0 aliphatic carbocycles. The Labute approximate surface area is 104 Å². The first-order chi connectivity index (χ1) is 8.56. The third-order valence-electron chi connectivity index (χ3n) is 2.55. The Morgan fingerprint density at radius 3 is 2.72 bits per heavy atom. The molecule has 0 spiro atoms. The Balaban J connectivity index is 2.02. The van der Waals surface area contributed by atoms with Crippen LogP contribution in [0.25, 0.3) is 0 Å². The smallest absolute Gasteiger partial charge is 0.371 e. The van der Waals surface area contributed by atoms with E-state index >= 15 is 0 Å². The Bertz CT molecular complexity index is 574. The summed E-state index contributed by atoms with van der Waals surface area (Å²) in [5.41, 5.74) is 1.54. The summed E-state index contributed by atoms with van der Waals surface area (Å²) in [6, 6.07) is 8.24. The Kier molecular flexibility index (Phi) is 3.23. The highest BCUT2D eigenvalue weighted by Gasteiger charge is 2.08. The number of carbonyl (C=O) groups is 1. The van der Waals surface area contributed by atoms with Gasteiger partial charge in [-0.05, 0) is 30.7 Å². The first-order valence-electron chi connectivity index (χ1n) is 5.42. The van der Waals surface area contributed by atoms with Crippen LogP contribution in [0.5, 0.6) is 5.75 Å². The van der Waals surface area contributed by atoms with Crippen LogP contribution in [0.2, 0.25) is 0 Å². The zero-order valence-electron chi connectivity index (χ0n) is 9.80. The maximum Gasteiger partial charge on any atom is 0.371 e. The summed E-state index contributed by atoms with van der Waals surface area (Å²) < 4.78 is 5.10. The fraction of sp³-hybridized carbons (Fsp3) is 0.154. The van der Waals surface area contributed by atoms with Crippen molar-refractivity contribution in [3.8, 4) is 5.75 Å². The minimum atomic E-state index is -1.09. The second-order valence-corrected chi connectivity index (χ2v) is 3.93. The van der Waals surface area contributed by atoms with Gasteiger partial charge in [0.05, 0.1) is 6.54 Å². The van der Waals surface area contributed by atoms with Crippen LogP contribution in [-0.2, 0) is 6.54 Å². The molecule has 0 aliphatic rings. The summed E-state index contributed by atoms with van der Waals surface area (Å²) in [5, 5.41) is 21.3. The van der Waals surface area contributed by atoms with Gasteiger partial charge in [0.2, 0.25) is 5.76 Å². The van der Waals surface area contributed by atoms with Gasteiger partial charge in [-0.3, -0.25) is 0 Å². The van der Waals surface area contributed by atoms with Crippen LogP contribution in [0.4, 0.5) is 5.69 Å². The molecule has 1 heterocycles. The molecular weight excluding hydrogens is 234 g/mol. The lowest BCUT2D eigenvalue weighted by atomic mass is 10.2. The maximum atomic E-state index is 10.6. The van der Waals surface area contributed by atoms with E-state index in [9.17, 15) is 9.90 Å². The van der Waals surface area contributed by atoms with E-state index in [1.807, 2.05) is 13.0 Å². The van der Waals surface area contributed by atoms with Gasteiger partial charge < -0.3 is 19.9 Å². The molecule has 0 saturated carbocycles. The zero-order chi connectivity index (χ0) is 13.1. The lowest BCUT2D eigenvalue weighted by Crippen LogP contribution is -1.98. The number of carboxylic acids is 1. The molecule has 2 aromatic rings. The molecule has 5 heteroatoms. The second-order valence-electron chi connectivity index (χ2n) is 3.93. The van der Waals surface area contributed by atoms with E-state index in [4.69, 9.17) is 9.52 Å². The summed E-state index contributed by atoms with van der Waals surface area (Å²) in [6.07, 6.45) is 0. The van der Waals surface area contributed by atoms with Crippen molar-refractivity contribution in [2.45, 2.75) is 13.5 Å². The van der Waals surface area contributed by atoms with Crippen molar-refractivity contribution in [3.05, 3.63) is 47.4 Å². The van der Waals surface area contributed by atoms with Gasteiger partial charge in [0.1, 0.15) is 11.5 Å². The number of aryl methyl sites for hydroxylation is 1. The number of anilines is 1. The highest BCUT2D eigenvalue weighted by Crippen LogP contribution is 2.21. The molecular formula is C13H13NO4. The normalized spacial score (nSPS) is 10.3. The van der Waals surface area contributed by atoms with E-state index in [0.717, 1.165) is 11.3 Å². The summed E-state index contributed by atoms with van der Waals surface area (Å²) in [7, 11) is 0. The molecule has 1 aromatic heterocycles. The average Bonchev–Trinajstić information content (AvgIpc) is 2.79. The highest BCUT2D eigenvalue weighted by molar-refractivity contribution is 5.84. The molecule has 0 unspecified atom stereocenters. The Morgan fingerprint density at radius 1 is 1.33 bits per heavy atom. The highest BCUT2D eigenvalue weighted by atomic mass is 16.4. The van der Waals surface area contributed by atoms with E-state index in [1.54, 1.807) is 18.2 Å². The number of hydrogen-bond acceptors (Lipinski definition) is 4. The van der Waals surface area contributed by atoms with Crippen molar-refractivity contribution in [3.63, 3.8) is 0 Å². The maximum absolute atomic E-state index is 10.6. The molecule has 0 bridgehead atoms. The molecule has 18 heavy (non-hydrogen) atoms. The molecule has 0 fully saturated rings. The molecule has 0 saturated heterocycles. The fourth-order valence-electron chi connectivity index (χ4n) is 1.50. The molecule has 2 rings (SSSR count). The quantitative estimate of drug-likeness (QED) is 0.773. The van der Waals surface area contributed by atoms with Crippen LogP contribution in [0.3, 0.4) is 0 Å². The summed E-state index contributed by atoms with van der Waals surface area (Å²) >= 11 is 0. The zero-order valence-corrected chi connectivity index (χ0v) is 9.80. The number of furan rings is 1. The van der Waals surface area contributed by atoms with Crippen LogP contribution in [0, 0.1) is 6.92 Å². The second kappa shape index (κ2) is 4.83. The molecule has 5 nitrogen and oxygen atoms in total. The molecule has 0 amide bonds. The number of benzene rings is 1. The number of aromatic hydroxyl groups is 1. The lowest BCUT2D eigenvalue weighted by Gasteiger charge is -2.06. The van der Waals surface area contributed by atoms with Crippen LogP contribution < -0.4 is 5.32 Å². The molecule has 0 aliphatic heterocycles. The van der Waals surface area contributed by atoms with Crippen molar-refractivity contribution < 1.29 is 19.4 Å². The molecule has 0 atom stereocenters. The van der Waals surface area contributed by atoms with Gasteiger partial charge in [0, 0.05) is 11.8 Å². The van der Waals surface area contributed by atoms with Crippen molar-refractivity contribution >= 4 is 11.7 Å². The number of phenols is 1. The van der Waals surface area contributed by atoms with E-state index in [1.165, 1.54) is 6.07 Å². The van der Waals surface area contributed by atoms with E-state index in [0.29, 0.717) is 12.3 Å². The summed E-state index contributed by atoms with van der Waals surface area (Å²) in [6.45, 7) is 2.17. The topological polar surface area (TPSA) is 82.7 Å². The number of carboxylic acid groups (broad SMARTS) is 1. The van der Waals surface area contributed by atoms with Crippen molar-refractivity contribution in [1.29, 1.82) is 0 Å². The Morgan fingerprint density at radius 2 is 2.11 bits per heavy atom. The SMILES string of the molecule is Cc1ccc(NCc2ccc(C(=O)O)o2)cc1O. The van der Waals surface area contributed by atoms with E-state index < -0.39 is 5.97 Å². The predicted octanol–water partition coefficient (Wildman–Crippen LogP) is 2.60. The van der Waals surface area contributed by atoms with E-state index in [-0.39, 0.29) is 11.5 Å². The molecule has 0 radical (unpaired) electrons. The van der Waals surface area contributed by atoms with Gasteiger partial charge in [-0.1, -0.05) is 6.07 Å². The first-order valence-corrected chi connectivity index (χ1v) is 5.42. The Hall–Kier alpha value is -2.43. The van der Waals surface area contributed by atoms with Gasteiger partial charge in [0.15, 0.2) is 0 Å². The van der Waals surface area contributed by atoms with Crippen LogP contribution >= 0.6 is 0 Å². The third kappa shape index (κ3) is 2.63. The monoisotopic (exact) mass is 247 g/mol. The number of rotatable bonds is 4. The standard InChI is InChI=1S/C13H13NO4/c1-8-2-3-9(6-11(8)15)14-7-10-4-5-12(18-10)13(16)17/h2-6,14-15H,7H2,1H3,(H,16,17). The molecule has 3 N–H and O–H groups in total. The van der Waals surface area contributed by atoms with Gasteiger partial charge in [-0.15, -0.1) is 0 Å². The summed E-state index contributed by atoms with van der Waals surface area (Å²) in [4.78, 5) is 10.6. The number of nitrogens with one attached hydrogen (secondary N) is 1. The van der Waals surface area contributed by atoms with Crippen LogP contribution in [-0.4, -0.2) is 16.2 Å². The fourth-order valence-corrected chi connectivity index (χ4v) is 1.50. The lowest BCUT2D eigenvalue weighted by molar-refractivity contribution is 0.0660. The van der Waals surface area contributed by atoms with Crippen molar-refractivity contribution in [2.24, 2.45) is 0 Å². The largest absolute Gasteiger partial charge is 0.508 e. The van der Waals surface area contributed by atoms with Gasteiger partial charge in [0.25, 0.3) is 0 Å². The first kappa shape index (κ1) is 12.0. The number of phenolic OH excluding ortho intramolecular Hbond substituents is 1. The molecule has 94 valence electrons. The molecule has 1 aromatic carbocycles. The van der Waals surface area contributed by atoms with Crippen molar-refractivity contribution in [1.82, 2.24) is 0 Å². The van der Waals surface area contributed by atoms with Gasteiger partial charge >= 0.3 is 5.97 Å². The van der Waals surface area contributed by atoms with Crippen LogP contribution in [0.15, 0.2) is 34.7 Å². The van der Waals surface area contributed by atoms with Crippen molar-refractivity contribution in [2.75, 3.05) is 5.32 Å². The van der Waals surface area contributed by atoms with E-state index in [2.05, 4.69) is 5.32 Å². The number of aromatic carboxylic acids is 1. The summed E-state index contributed by atoms with van der Waals surface area (Å²) in [5.74, 6) is -0.439.